The fourth-order valence-electron chi connectivity index (χ4n) is 5.70. The van der Waals surface area contributed by atoms with Gasteiger partial charge in [0.25, 0.3) is 5.56 Å². The van der Waals surface area contributed by atoms with E-state index in [1.165, 1.54) is 17.0 Å². The maximum atomic E-state index is 16.0. The molecule has 0 radical (unpaired) electrons. The van der Waals surface area contributed by atoms with Crippen molar-refractivity contribution < 1.29 is 23.5 Å². The summed E-state index contributed by atoms with van der Waals surface area (Å²) in [4.78, 5) is 44.6. The number of aromatic nitrogens is 2. The summed E-state index contributed by atoms with van der Waals surface area (Å²) in [5, 5.41) is 2.93. The molecule has 3 rings (SSSR count). The molecule has 2 aromatic carbocycles. The zero-order chi connectivity index (χ0) is 33.4. The molecule has 0 aliphatic rings. The Hall–Kier alpha value is -4.27. The van der Waals surface area contributed by atoms with Crippen LogP contribution in [0.5, 0.6) is 0 Å². The van der Waals surface area contributed by atoms with Gasteiger partial charge in [-0.25, -0.2) is 9.37 Å². The molecule has 0 spiro atoms. The summed E-state index contributed by atoms with van der Waals surface area (Å²) in [6, 6.07) is 5.63. The lowest BCUT2D eigenvalue weighted by atomic mass is 9.89. The molecule has 242 valence electrons. The summed E-state index contributed by atoms with van der Waals surface area (Å²) in [5.74, 6) is -1.58. The first-order valence-corrected chi connectivity index (χ1v) is 15.5. The molecular formula is C36H46FN3O5. The van der Waals surface area contributed by atoms with E-state index in [0.717, 1.165) is 27.8 Å². The topological polar surface area (TPSA) is 99.5 Å². The summed E-state index contributed by atoms with van der Waals surface area (Å²) in [6.45, 7) is 17.3. The molecule has 2 atom stereocenters. The average molecular weight is 620 g/mol. The lowest BCUT2D eigenvalue weighted by Crippen LogP contribution is -2.41. The van der Waals surface area contributed by atoms with Crippen molar-refractivity contribution in [1.29, 1.82) is 0 Å². The summed E-state index contributed by atoms with van der Waals surface area (Å²) in [5.41, 5.74) is 5.75. The lowest BCUT2D eigenvalue weighted by molar-refractivity contribution is -0.144. The molecule has 0 bridgehead atoms. The number of amides is 1. The first-order valence-electron chi connectivity index (χ1n) is 15.5. The minimum Gasteiger partial charge on any atom is -0.501 e. The van der Waals surface area contributed by atoms with Gasteiger partial charge in [-0.1, -0.05) is 31.5 Å². The Bertz CT molecular complexity index is 1600. The number of benzene rings is 2. The largest absolute Gasteiger partial charge is 0.501 e. The van der Waals surface area contributed by atoms with Crippen LogP contribution in [0.15, 0.2) is 41.5 Å². The van der Waals surface area contributed by atoms with E-state index in [-0.39, 0.29) is 30.2 Å². The van der Waals surface area contributed by atoms with E-state index in [1.807, 2.05) is 41.5 Å². The molecule has 0 aliphatic heterocycles. The number of nitrogens with zero attached hydrogens (tertiary/aromatic N) is 2. The monoisotopic (exact) mass is 619 g/mol. The zero-order valence-electron chi connectivity index (χ0n) is 27.9. The van der Waals surface area contributed by atoms with Gasteiger partial charge in [-0.2, -0.15) is 0 Å². The van der Waals surface area contributed by atoms with E-state index in [1.54, 1.807) is 39.0 Å². The minimum atomic E-state index is -1.05. The quantitative estimate of drug-likeness (QED) is 0.163. The van der Waals surface area contributed by atoms with E-state index in [2.05, 4.69) is 22.4 Å². The molecule has 1 amide bonds. The summed E-state index contributed by atoms with van der Waals surface area (Å²) in [6.07, 6.45) is 4.66. The number of carbonyl (C=O) groups excluding carboxylic acids is 2. The van der Waals surface area contributed by atoms with Crippen molar-refractivity contribution in [2.75, 3.05) is 13.2 Å². The van der Waals surface area contributed by atoms with E-state index < -0.39 is 35.3 Å². The Balaban J connectivity index is 2.15. The van der Waals surface area contributed by atoms with Crippen LogP contribution < -0.4 is 10.9 Å². The van der Waals surface area contributed by atoms with Crippen molar-refractivity contribution in [3.63, 3.8) is 0 Å². The number of nitrogens with one attached hydrogen (secondary N) is 1. The highest BCUT2D eigenvalue weighted by molar-refractivity contribution is 5.82. The van der Waals surface area contributed by atoms with Crippen molar-refractivity contribution >= 4 is 18.0 Å². The summed E-state index contributed by atoms with van der Waals surface area (Å²) >= 11 is 0. The van der Waals surface area contributed by atoms with E-state index >= 15 is 4.39 Å². The SMILES string of the molecule is CCO/C=C/c1cn([C@@H](CC(C)C)C(=O)N[C@@H](CC(=O)OCC)c2cc(-c3c(C)cc(C)cc3C)cc(C)c2F)c(=O)c(C)n1. The van der Waals surface area contributed by atoms with Crippen LogP contribution >= 0.6 is 0 Å². The predicted octanol–water partition coefficient (Wildman–Crippen LogP) is 7.00. The molecule has 0 unspecified atom stereocenters. The molecule has 0 aliphatic carbocycles. The van der Waals surface area contributed by atoms with Gasteiger partial charge in [0.1, 0.15) is 17.6 Å². The maximum Gasteiger partial charge on any atom is 0.308 e. The smallest absolute Gasteiger partial charge is 0.308 e. The van der Waals surface area contributed by atoms with Crippen molar-refractivity contribution in [2.24, 2.45) is 5.92 Å². The average Bonchev–Trinajstić information content (AvgIpc) is 2.94. The van der Waals surface area contributed by atoms with Crippen LogP contribution in [0.25, 0.3) is 17.2 Å². The van der Waals surface area contributed by atoms with Gasteiger partial charge in [0, 0.05) is 11.8 Å². The van der Waals surface area contributed by atoms with E-state index in [4.69, 9.17) is 9.47 Å². The summed E-state index contributed by atoms with van der Waals surface area (Å²) < 4.78 is 27.8. The van der Waals surface area contributed by atoms with Gasteiger partial charge in [-0.05, 0) is 107 Å². The molecule has 1 N–H and O–H groups in total. The second-order valence-electron chi connectivity index (χ2n) is 11.9. The maximum absolute atomic E-state index is 16.0. The summed E-state index contributed by atoms with van der Waals surface area (Å²) in [7, 11) is 0. The Labute approximate surface area is 265 Å². The Morgan fingerprint density at radius 1 is 1.00 bits per heavy atom. The van der Waals surface area contributed by atoms with Gasteiger partial charge >= 0.3 is 5.97 Å². The van der Waals surface area contributed by atoms with Gasteiger partial charge in [0.2, 0.25) is 5.91 Å². The standard InChI is InChI=1S/C36H46FN3O5/c1-10-44-13-12-28-20-40(36(43)26(9)38-28)31(14-21(3)4)35(42)39-30(19-32(41)45-11-2)29-18-27(17-25(8)34(29)37)33-23(6)15-22(5)16-24(33)7/h12-13,15-18,20-21,30-31H,10-11,14,19H2,1-9H3,(H,39,42)/b13-12+/t30-,31-/m0/s1. The van der Waals surface area contributed by atoms with Crippen LogP contribution in [0.3, 0.4) is 0 Å². The van der Waals surface area contributed by atoms with Crippen LogP contribution in [0.2, 0.25) is 0 Å². The number of halogens is 1. The Morgan fingerprint density at radius 2 is 1.67 bits per heavy atom. The highest BCUT2D eigenvalue weighted by Gasteiger charge is 2.30. The van der Waals surface area contributed by atoms with Gasteiger partial charge in [-0.3, -0.25) is 19.0 Å². The van der Waals surface area contributed by atoms with Crippen molar-refractivity contribution in [3.8, 4) is 11.1 Å². The molecule has 0 fully saturated rings. The number of hydrogen-bond acceptors (Lipinski definition) is 6. The van der Waals surface area contributed by atoms with E-state index in [9.17, 15) is 14.4 Å². The molecule has 0 saturated heterocycles. The first kappa shape index (κ1) is 35.2. The highest BCUT2D eigenvalue weighted by atomic mass is 19.1. The number of aryl methyl sites for hydroxylation is 5. The van der Waals surface area contributed by atoms with Crippen LogP contribution in [0.4, 0.5) is 4.39 Å². The second-order valence-corrected chi connectivity index (χ2v) is 11.9. The normalized spacial score (nSPS) is 12.8. The molecule has 45 heavy (non-hydrogen) atoms. The van der Waals surface area contributed by atoms with Crippen LogP contribution in [-0.2, 0) is 19.1 Å². The molecule has 1 heterocycles. The first-order chi connectivity index (χ1) is 21.3. The van der Waals surface area contributed by atoms with Gasteiger partial charge in [0.15, 0.2) is 0 Å². The van der Waals surface area contributed by atoms with Crippen molar-refractivity contribution in [3.05, 3.63) is 92.1 Å². The number of hydrogen-bond donors (Lipinski definition) is 1. The fourth-order valence-corrected chi connectivity index (χ4v) is 5.70. The van der Waals surface area contributed by atoms with Gasteiger partial charge in [0.05, 0.1) is 37.6 Å². The predicted molar refractivity (Wildman–Crippen MR) is 175 cm³/mol. The Morgan fingerprint density at radius 3 is 2.27 bits per heavy atom. The van der Waals surface area contributed by atoms with Crippen LogP contribution in [-0.4, -0.2) is 34.6 Å². The zero-order valence-corrected chi connectivity index (χ0v) is 27.9. The number of rotatable bonds is 13. The third kappa shape index (κ3) is 8.90. The molecule has 3 aromatic rings. The number of esters is 1. The molecule has 8 nitrogen and oxygen atoms in total. The van der Waals surface area contributed by atoms with Crippen LogP contribution in [0, 0.1) is 46.4 Å². The molecular weight excluding hydrogens is 573 g/mol. The molecule has 1 aromatic heterocycles. The highest BCUT2D eigenvalue weighted by Crippen LogP contribution is 2.34. The third-order valence-electron chi connectivity index (χ3n) is 7.56. The van der Waals surface area contributed by atoms with Gasteiger partial charge in [-0.15, -0.1) is 0 Å². The van der Waals surface area contributed by atoms with Crippen LogP contribution in [0.1, 0.15) is 91.8 Å². The van der Waals surface area contributed by atoms with E-state index in [0.29, 0.717) is 24.3 Å². The minimum absolute atomic E-state index is 0.0295. The van der Waals surface area contributed by atoms with Crippen molar-refractivity contribution in [1.82, 2.24) is 14.9 Å². The molecule has 9 heteroatoms. The number of carbonyl (C=O) groups is 2. The fraction of sp³-hybridized carbons (Fsp3) is 0.444. The van der Waals surface area contributed by atoms with Crippen molar-refractivity contribution in [2.45, 2.75) is 87.2 Å². The molecule has 0 saturated carbocycles. The number of ether oxygens (including phenoxy) is 2. The lowest BCUT2D eigenvalue weighted by Gasteiger charge is -2.26. The van der Waals surface area contributed by atoms with Gasteiger partial charge < -0.3 is 14.8 Å². The second kappa shape index (κ2) is 15.6. The third-order valence-corrected chi connectivity index (χ3v) is 7.56. The Kier molecular flexibility index (Phi) is 12.2.